The van der Waals surface area contributed by atoms with Crippen LogP contribution >= 0.6 is 11.9 Å². The summed E-state index contributed by atoms with van der Waals surface area (Å²) in [6.07, 6.45) is 0.485. The minimum absolute atomic E-state index is 0.0439. The van der Waals surface area contributed by atoms with Crippen LogP contribution in [0.25, 0.3) is 0 Å². The highest BCUT2D eigenvalue weighted by Crippen LogP contribution is 2.38. The molecule has 0 radical (unpaired) electrons. The molecule has 138 valence electrons. The molecule has 0 aromatic heterocycles. The van der Waals surface area contributed by atoms with E-state index >= 15 is 0 Å². The molecule has 2 aliphatic heterocycles. The summed E-state index contributed by atoms with van der Waals surface area (Å²) in [6, 6.07) is 7.75. The number of benzene rings is 1. The van der Waals surface area contributed by atoms with Crippen LogP contribution in [-0.4, -0.2) is 60.9 Å². The fourth-order valence-electron chi connectivity index (χ4n) is 3.43. The van der Waals surface area contributed by atoms with Crippen molar-refractivity contribution in [2.24, 2.45) is 5.92 Å². The van der Waals surface area contributed by atoms with E-state index in [2.05, 4.69) is 40.8 Å². The standard InChI is InChI=1S/C18H26N2O4S/c1-12-11-15(24-17(12)16(19-2)18(21)22)13-3-5-14(6-4-13)25-20-7-9-23-10-8-20/h3-6,12,15-17,19H,7-11H2,1-2H3,(H,21,22)/t12-,15?,16?,17-/m1/s1. The molecular formula is C18H26N2O4S. The molecule has 2 aliphatic rings. The van der Waals surface area contributed by atoms with E-state index in [4.69, 9.17) is 9.47 Å². The summed E-state index contributed by atoms with van der Waals surface area (Å²) in [4.78, 5) is 12.6. The van der Waals surface area contributed by atoms with Gasteiger partial charge in [-0.3, -0.25) is 4.79 Å². The molecule has 2 saturated heterocycles. The van der Waals surface area contributed by atoms with E-state index in [-0.39, 0.29) is 18.1 Å². The highest BCUT2D eigenvalue weighted by atomic mass is 32.2. The lowest BCUT2D eigenvalue weighted by molar-refractivity contribution is -0.144. The molecule has 0 amide bonds. The Bertz CT molecular complexity index is 577. The molecule has 0 bridgehead atoms. The van der Waals surface area contributed by atoms with Gasteiger partial charge in [-0.1, -0.05) is 19.1 Å². The summed E-state index contributed by atoms with van der Waals surface area (Å²) in [6.45, 7) is 5.52. The van der Waals surface area contributed by atoms with Gasteiger partial charge in [-0.05, 0) is 49.0 Å². The van der Waals surface area contributed by atoms with E-state index in [1.165, 1.54) is 4.90 Å². The Labute approximate surface area is 153 Å². The summed E-state index contributed by atoms with van der Waals surface area (Å²) in [7, 11) is 1.67. The number of likely N-dealkylation sites (N-methyl/N-ethyl adjacent to an activating group) is 1. The van der Waals surface area contributed by atoms with Crippen LogP contribution in [0.3, 0.4) is 0 Å². The fraction of sp³-hybridized carbons (Fsp3) is 0.611. The highest BCUT2D eigenvalue weighted by molar-refractivity contribution is 7.97. The smallest absolute Gasteiger partial charge is 0.323 e. The average Bonchev–Trinajstić information content (AvgIpc) is 2.98. The van der Waals surface area contributed by atoms with Gasteiger partial charge in [0.25, 0.3) is 0 Å². The lowest BCUT2D eigenvalue weighted by atomic mass is 9.94. The second-order valence-electron chi connectivity index (χ2n) is 6.61. The minimum Gasteiger partial charge on any atom is -0.480 e. The van der Waals surface area contributed by atoms with Gasteiger partial charge in [0.1, 0.15) is 6.04 Å². The van der Waals surface area contributed by atoms with E-state index in [0.29, 0.717) is 0 Å². The molecule has 0 spiro atoms. The summed E-state index contributed by atoms with van der Waals surface area (Å²) >= 11 is 1.75. The van der Waals surface area contributed by atoms with Crippen molar-refractivity contribution >= 4 is 17.9 Å². The molecule has 3 rings (SSSR count). The van der Waals surface area contributed by atoms with Crippen LogP contribution in [0.1, 0.15) is 25.0 Å². The third kappa shape index (κ3) is 4.54. The number of carboxylic acids is 1. The van der Waals surface area contributed by atoms with Gasteiger partial charge in [-0.2, -0.15) is 0 Å². The van der Waals surface area contributed by atoms with Crippen LogP contribution in [-0.2, 0) is 14.3 Å². The number of carbonyl (C=O) groups is 1. The predicted octanol–water partition coefficient (Wildman–Crippen LogP) is 2.16. The Kier molecular flexibility index (Phi) is 6.35. The van der Waals surface area contributed by atoms with Gasteiger partial charge in [0.15, 0.2) is 0 Å². The van der Waals surface area contributed by atoms with Crippen molar-refractivity contribution in [3.8, 4) is 0 Å². The molecule has 4 atom stereocenters. The lowest BCUT2D eigenvalue weighted by Gasteiger charge is -2.25. The fourth-order valence-corrected chi connectivity index (χ4v) is 4.32. The van der Waals surface area contributed by atoms with Gasteiger partial charge >= 0.3 is 5.97 Å². The van der Waals surface area contributed by atoms with E-state index in [1.54, 1.807) is 19.0 Å². The Hall–Kier alpha value is -1.12. The second-order valence-corrected chi connectivity index (χ2v) is 7.78. The number of nitrogens with zero attached hydrogens (tertiary/aromatic N) is 1. The molecule has 2 unspecified atom stereocenters. The lowest BCUT2D eigenvalue weighted by Crippen LogP contribution is -2.46. The van der Waals surface area contributed by atoms with Crippen molar-refractivity contribution in [3.63, 3.8) is 0 Å². The van der Waals surface area contributed by atoms with Crippen molar-refractivity contribution in [2.75, 3.05) is 33.4 Å². The molecule has 7 heteroatoms. The first-order chi connectivity index (χ1) is 12.1. The average molecular weight is 366 g/mol. The number of carboxylic acid groups (broad SMARTS) is 1. The van der Waals surface area contributed by atoms with Gasteiger partial charge in [-0.25, -0.2) is 4.31 Å². The van der Waals surface area contributed by atoms with Crippen molar-refractivity contribution in [3.05, 3.63) is 29.8 Å². The molecule has 1 aromatic rings. The molecule has 2 fully saturated rings. The summed E-state index contributed by atoms with van der Waals surface area (Å²) in [5, 5.41) is 12.2. The van der Waals surface area contributed by atoms with Crippen molar-refractivity contribution in [2.45, 2.75) is 36.5 Å². The van der Waals surface area contributed by atoms with Crippen LogP contribution in [0, 0.1) is 5.92 Å². The molecule has 2 N–H and O–H groups in total. The van der Waals surface area contributed by atoms with E-state index in [9.17, 15) is 9.90 Å². The first-order valence-corrected chi connectivity index (χ1v) is 9.52. The zero-order chi connectivity index (χ0) is 17.8. The number of nitrogens with one attached hydrogen (secondary N) is 1. The van der Waals surface area contributed by atoms with Gasteiger partial charge in [0.05, 0.1) is 25.4 Å². The number of rotatable bonds is 6. The van der Waals surface area contributed by atoms with E-state index in [0.717, 1.165) is 38.3 Å². The predicted molar refractivity (Wildman–Crippen MR) is 96.6 cm³/mol. The number of hydrogen-bond donors (Lipinski definition) is 2. The van der Waals surface area contributed by atoms with Gasteiger partial charge < -0.3 is 19.9 Å². The van der Waals surface area contributed by atoms with Gasteiger partial charge in [-0.15, -0.1) is 0 Å². The third-order valence-corrected chi connectivity index (χ3v) is 5.94. The van der Waals surface area contributed by atoms with Crippen LogP contribution in [0.15, 0.2) is 29.2 Å². The molecule has 6 nitrogen and oxygen atoms in total. The van der Waals surface area contributed by atoms with Crippen LogP contribution in [0.5, 0.6) is 0 Å². The molecule has 1 aromatic carbocycles. The molecule has 0 saturated carbocycles. The first-order valence-electron chi connectivity index (χ1n) is 8.74. The Morgan fingerprint density at radius 3 is 2.60 bits per heavy atom. The number of hydrogen-bond acceptors (Lipinski definition) is 6. The topological polar surface area (TPSA) is 71.0 Å². The molecule has 2 heterocycles. The van der Waals surface area contributed by atoms with Crippen molar-refractivity contribution in [1.29, 1.82) is 0 Å². The molecular weight excluding hydrogens is 340 g/mol. The van der Waals surface area contributed by atoms with E-state index in [1.807, 2.05) is 0 Å². The largest absolute Gasteiger partial charge is 0.480 e. The maximum atomic E-state index is 11.4. The Balaban J connectivity index is 1.61. The number of aliphatic carboxylic acids is 1. The van der Waals surface area contributed by atoms with Crippen molar-refractivity contribution in [1.82, 2.24) is 9.62 Å². The first kappa shape index (κ1) is 18.7. The normalized spacial score (nSPS) is 28.8. The quantitative estimate of drug-likeness (QED) is 0.748. The number of morpholine rings is 1. The Morgan fingerprint density at radius 2 is 2.00 bits per heavy atom. The van der Waals surface area contributed by atoms with Crippen molar-refractivity contribution < 1.29 is 19.4 Å². The monoisotopic (exact) mass is 366 g/mol. The molecule has 25 heavy (non-hydrogen) atoms. The summed E-state index contributed by atoms with van der Waals surface area (Å²) < 4.78 is 13.8. The number of ether oxygens (including phenoxy) is 2. The second kappa shape index (κ2) is 8.51. The maximum Gasteiger partial charge on any atom is 0.323 e. The third-order valence-electron chi connectivity index (χ3n) is 4.83. The Morgan fingerprint density at radius 1 is 1.32 bits per heavy atom. The zero-order valence-electron chi connectivity index (χ0n) is 14.7. The van der Waals surface area contributed by atoms with Crippen LogP contribution in [0.4, 0.5) is 0 Å². The molecule has 0 aliphatic carbocycles. The SMILES string of the molecule is CNC(C(=O)O)[C@@H]1OC(c2ccc(SN3CCOCC3)cc2)C[C@H]1C. The highest BCUT2D eigenvalue weighted by Gasteiger charge is 2.40. The van der Waals surface area contributed by atoms with Crippen LogP contribution in [0.2, 0.25) is 0 Å². The maximum absolute atomic E-state index is 11.4. The summed E-state index contributed by atoms with van der Waals surface area (Å²) in [5.74, 6) is -0.668. The minimum atomic E-state index is -0.864. The van der Waals surface area contributed by atoms with Gasteiger partial charge in [0, 0.05) is 18.0 Å². The zero-order valence-corrected chi connectivity index (χ0v) is 15.5. The van der Waals surface area contributed by atoms with E-state index < -0.39 is 12.0 Å². The van der Waals surface area contributed by atoms with Gasteiger partial charge in [0.2, 0.25) is 0 Å². The van der Waals surface area contributed by atoms with Crippen LogP contribution < -0.4 is 5.32 Å². The summed E-state index contributed by atoms with van der Waals surface area (Å²) in [5.41, 5.74) is 1.11.